The predicted molar refractivity (Wildman–Crippen MR) is 93.0 cm³/mol. The normalized spacial score (nSPS) is 11.6. The summed E-state index contributed by atoms with van der Waals surface area (Å²) in [6.45, 7) is 4.95. The molecule has 0 radical (unpaired) electrons. The van der Waals surface area contributed by atoms with Crippen LogP contribution >= 0.6 is 12.4 Å². The Morgan fingerprint density at radius 1 is 1.10 bits per heavy atom. The van der Waals surface area contributed by atoms with E-state index in [0.717, 1.165) is 16.5 Å². The fourth-order valence-corrected chi connectivity index (χ4v) is 1.94. The van der Waals surface area contributed by atoms with E-state index in [0.29, 0.717) is 19.2 Å². The number of aliphatic hydroxyl groups excluding tert-OH is 1. The van der Waals surface area contributed by atoms with Crippen LogP contribution in [0.4, 0.5) is 0 Å². The van der Waals surface area contributed by atoms with Crippen LogP contribution in [0.2, 0.25) is 0 Å². The van der Waals surface area contributed by atoms with E-state index in [1.165, 1.54) is 0 Å². The molecule has 0 heterocycles. The molecule has 0 aliphatic heterocycles. The minimum absolute atomic E-state index is 0. The van der Waals surface area contributed by atoms with Crippen molar-refractivity contribution in [3.8, 4) is 5.75 Å². The van der Waals surface area contributed by atoms with Gasteiger partial charge in [-0.15, -0.1) is 12.4 Å². The zero-order chi connectivity index (χ0) is 13.7. The molecule has 21 heavy (non-hydrogen) atoms. The van der Waals surface area contributed by atoms with Gasteiger partial charge in [0, 0.05) is 18.0 Å². The maximum absolute atomic E-state index is 9.84. The van der Waals surface area contributed by atoms with Crippen molar-refractivity contribution >= 4 is 52.7 Å². The van der Waals surface area contributed by atoms with Gasteiger partial charge >= 0.3 is 29.6 Å². The Labute approximate surface area is 154 Å². The molecule has 0 saturated carbocycles. The van der Waals surface area contributed by atoms with Gasteiger partial charge in [-0.3, -0.25) is 0 Å². The first-order chi connectivity index (χ1) is 9.16. The fourth-order valence-electron chi connectivity index (χ4n) is 1.94. The molecule has 0 bridgehead atoms. The van der Waals surface area contributed by atoms with Crippen LogP contribution in [0.5, 0.6) is 5.75 Å². The van der Waals surface area contributed by atoms with Crippen LogP contribution < -0.4 is 10.1 Å². The van der Waals surface area contributed by atoms with E-state index in [2.05, 4.69) is 31.3 Å². The van der Waals surface area contributed by atoms with Gasteiger partial charge < -0.3 is 15.2 Å². The first kappa shape index (κ1) is 20.7. The van der Waals surface area contributed by atoms with Crippen molar-refractivity contribution in [1.29, 1.82) is 0 Å². The number of benzene rings is 2. The number of aliphatic hydroxyl groups is 1. The van der Waals surface area contributed by atoms with E-state index in [4.69, 9.17) is 4.74 Å². The zero-order valence-electron chi connectivity index (χ0n) is 11.9. The van der Waals surface area contributed by atoms with Gasteiger partial charge in [0.2, 0.25) is 0 Å². The second-order valence-electron chi connectivity index (χ2n) is 5.01. The van der Waals surface area contributed by atoms with Gasteiger partial charge in [0.15, 0.2) is 0 Å². The molecule has 0 aliphatic carbocycles. The quantitative estimate of drug-likeness (QED) is 0.803. The SMILES string of the molecule is CC(C)NCC(O)COc1cccc2ccccc12.Cl.[NaH]. The van der Waals surface area contributed by atoms with Crippen molar-refractivity contribution in [3.63, 3.8) is 0 Å². The summed E-state index contributed by atoms with van der Waals surface area (Å²) in [6.07, 6.45) is -0.499. The minimum atomic E-state index is -0.499. The third-order valence-electron chi connectivity index (χ3n) is 2.94. The van der Waals surface area contributed by atoms with Crippen LogP contribution in [0.15, 0.2) is 42.5 Å². The number of nitrogens with one attached hydrogen (secondary N) is 1. The summed E-state index contributed by atoms with van der Waals surface area (Å²) in [7, 11) is 0. The monoisotopic (exact) mass is 319 g/mol. The molecule has 1 unspecified atom stereocenters. The zero-order valence-corrected chi connectivity index (χ0v) is 12.7. The Balaban J connectivity index is 0.00000200. The molecule has 112 valence electrons. The Kier molecular flexibility index (Phi) is 10.3. The molecule has 2 aromatic rings. The molecular weight excluding hydrogens is 297 g/mol. The topological polar surface area (TPSA) is 41.5 Å². The van der Waals surface area contributed by atoms with Gasteiger partial charge in [0.1, 0.15) is 18.5 Å². The number of hydrogen-bond acceptors (Lipinski definition) is 3. The van der Waals surface area contributed by atoms with Crippen molar-refractivity contribution in [2.24, 2.45) is 0 Å². The third kappa shape index (κ3) is 6.55. The van der Waals surface area contributed by atoms with Crippen molar-refractivity contribution in [3.05, 3.63) is 42.5 Å². The van der Waals surface area contributed by atoms with Gasteiger partial charge in [0.05, 0.1) is 0 Å². The second-order valence-corrected chi connectivity index (χ2v) is 5.01. The molecule has 0 aliphatic rings. The Morgan fingerprint density at radius 3 is 2.48 bits per heavy atom. The first-order valence-corrected chi connectivity index (χ1v) is 6.69. The summed E-state index contributed by atoms with van der Waals surface area (Å²) in [6, 6.07) is 14.4. The summed E-state index contributed by atoms with van der Waals surface area (Å²) >= 11 is 0. The molecule has 5 heteroatoms. The van der Waals surface area contributed by atoms with E-state index in [9.17, 15) is 5.11 Å². The van der Waals surface area contributed by atoms with Crippen LogP contribution in [0.25, 0.3) is 10.8 Å². The number of halogens is 1. The van der Waals surface area contributed by atoms with Crippen molar-refractivity contribution in [2.75, 3.05) is 13.2 Å². The van der Waals surface area contributed by atoms with Gasteiger partial charge in [0.25, 0.3) is 0 Å². The average molecular weight is 320 g/mol. The molecular formula is C16H23ClNNaO2. The van der Waals surface area contributed by atoms with Crippen molar-refractivity contribution in [1.82, 2.24) is 5.32 Å². The van der Waals surface area contributed by atoms with Gasteiger partial charge in [-0.1, -0.05) is 50.2 Å². The predicted octanol–water partition coefficient (Wildman–Crippen LogP) is 2.35. The van der Waals surface area contributed by atoms with Crippen LogP contribution in [-0.2, 0) is 0 Å². The fraction of sp³-hybridized carbons (Fsp3) is 0.375. The van der Waals surface area contributed by atoms with Crippen LogP contribution in [0.1, 0.15) is 13.8 Å². The van der Waals surface area contributed by atoms with Crippen LogP contribution in [0.3, 0.4) is 0 Å². The van der Waals surface area contributed by atoms with Crippen LogP contribution in [0, 0.1) is 0 Å². The number of fused-ring (bicyclic) bond motifs is 1. The number of ether oxygens (including phenoxy) is 1. The molecule has 3 nitrogen and oxygen atoms in total. The van der Waals surface area contributed by atoms with E-state index in [1.807, 2.05) is 30.3 Å². The van der Waals surface area contributed by atoms with Gasteiger partial charge in [-0.25, -0.2) is 0 Å². The molecule has 0 fully saturated rings. The molecule has 0 amide bonds. The Morgan fingerprint density at radius 2 is 1.76 bits per heavy atom. The van der Waals surface area contributed by atoms with E-state index in [-0.39, 0.29) is 42.0 Å². The van der Waals surface area contributed by atoms with Gasteiger partial charge in [-0.05, 0) is 11.5 Å². The van der Waals surface area contributed by atoms with Crippen molar-refractivity contribution in [2.45, 2.75) is 26.0 Å². The molecule has 2 rings (SSSR count). The molecule has 0 spiro atoms. The van der Waals surface area contributed by atoms with E-state index in [1.54, 1.807) is 0 Å². The summed E-state index contributed by atoms with van der Waals surface area (Å²) in [4.78, 5) is 0. The number of hydrogen-bond donors (Lipinski definition) is 2. The molecule has 2 aromatic carbocycles. The standard InChI is InChI=1S/C16H21NO2.ClH.Na.H/c1-12(2)17-10-14(18)11-19-16-9-5-7-13-6-3-4-8-15(13)16;;;/h3-9,12,14,17-18H,10-11H2,1-2H3;1H;;. The average Bonchev–Trinajstić information content (AvgIpc) is 2.42. The maximum atomic E-state index is 9.84. The summed E-state index contributed by atoms with van der Waals surface area (Å²) < 4.78 is 5.72. The summed E-state index contributed by atoms with van der Waals surface area (Å²) in [5.74, 6) is 0.821. The van der Waals surface area contributed by atoms with Crippen LogP contribution in [-0.4, -0.2) is 60.0 Å². The van der Waals surface area contributed by atoms with Gasteiger partial charge in [-0.2, -0.15) is 0 Å². The van der Waals surface area contributed by atoms with E-state index >= 15 is 0 Å². The Bertz CT molecular complexity index is 531. The van der Waals surface area contributed by atoms with E-state index < -0.39 is 6.10 Å². The molecule has 2 N–H and O–H groups in total. The summed E-state index contributed by atoms with van der Waals surface area (Å²) in [5, 5.41) is 15.3. The molecule has 0 saturated heterocycles. The molecule has 0 aromatic heterocycles. The first-order valence-electron chi connectivity index (χ1n) is 6.69. The molecule has 1 atom stereocenters. The van der Waals surface area contributed by atoms with Crippen molar-refractivity contribution < 1.29 is 9.84 Å². The Hall–Kier alpha value is -0.290. The second kappa shape index (κ2) is 10.4. The summed E-state index contributed by atoms with van der Waals surface area (Å²) in [5.41, 5.74) is 0. The third-order valence-corrected chi connectivity index (χ3v) is 2.94. The number of rotatable bonds is 6.